The zero-order valence-electron chi connectivity index (χ0n) is 21.3. The average molecular weight is 517 g/mol. The predicted octanol–water partition coefficient (Wildman–Crippen LogP) is 3.04. The summed E-state index contributed by atoms with van der Waals surface area (Å²) in [5.74, 6) is -2.44. The highest BCUT2D eigenvalue weighted by atomic mass is 32.2. The number of likely N-dealkylation sites (tertiary alicyclic amines) is 1. The number of hydrogen-bond acceptors (Lipinski definition) is 6. The Labute approximate surface area is 216 Å². The van der Waals surface area contributed by atoms with Gasteiger partial charge in [-0.05, 0) is 48.9 Å². The molecule has 9 heteroatoms. The van der Waals surface area contributed by atoms with Crippen molar-refractivity contribution in [2.75, 3.05) is 25.2 Å². The number of carbonyl (C=O) groups excluding carboxylic acids is 2. The van der Waals surface area contributed by atoms with Crippen LogP contribution in [0.25, 0.3) is 0 Å². The standard InChI is InChI=1S/C27H36N2O6S/c1-6-11-28(17-7-9-19(35-5)10-8-17)25(32)23-27-16(4)13-20(36-27)21(26(33)34)22(27)24(31)29(23)18(14-30)12-15(2)3/h6-10,15-16,18,20-23,30H,1,11-14H2,2-5H3,(H,33,34)/t16?,18-,20-,21+,22+,23?,27?/m1/s1. The van der Waals surface area contributed by atoms with Crippen LogP contribution in [0.5, 0.6) is 5.75 Å². The van der Waals surface area contributed by atoms with E-state index in [0.717, 1.165) is 0 Å². The first-order valence-electron chi connectivity index (χ1n) is 12.5. The van der Waals surface area contributed by atoms with E-state index in [1.54, 1.807) is 47.3 Å². The predicted molar refractivity (Wildman–Crippen MR) is 139 cm³/mol. The fraction of sp³-hybridized carbons (Fsp3) is 0.593. The van der Waals surface area contributed by atoms with Crippen LogP contribution in [0.15, 0.2) is 36.9 Å². The van der Waals surface area contributed by atoms with Crippen LogP contribution in [0.3, 0.4) is 0 Å². The number of carbonyl (C=O) groups is 3. The van der Waals surface area contributed by atoms with Crippen molar-refractivity contribution in [2.24, 2.45) is 23.7 Å². The lowest BCUT2D eigenvalue weighted by Gasteiger charge is -2.42. The molecule has 0 aliphatic carbocycles. The van der Waals surface area contributed by atoms with Crippen molar-refractivity contribution < 1.29 is 29.3 Å². The number of carboxylic acid groups (broad SMARTS) is 1. The van der Waals surface area contributed by atoms with Crippen LogP contribution in [-0.2, 0) is 14.4 Å². The number of anilines is 1. The molecule has 4 rings (SSSR count). The maximum Gasteiger partial charge on any atom is 0.308 e. The van der Waals surface area contributed by atoms with Gasteiger partial charge >= 0.3 is 5.97 Å². The van der Waals surface area contributed by atoms with Gasteiger partial charge in [0.1, 0.15) is 11.8 Å². The number of nitrogens with zero attached hydrogens (tertiary/aromatic N) is 2. The van der Waals surface area contributed by atoms with E-state index in [4.69, 9.17) is 4.74 Å². The lowest BCUT2D eigenvalue weighted by molar-refractivity contribution is -0.149. The Hall–Kier alpha value is -2.52. The third kappa shape index (κ3) is 4.00. The summed E-state index contributed by atoms with van der Waals surface area (Å²) >= 11 is 1.50. The van der Waals surface area contributed by atoms with E-state index >= 15 is 0 Å². The summed E-state index contributed by atoms with van der Waals surface area (Å²) in [7, 11) is 1.57. The van der Waals surface area contributed by atoms with Gasteiger partial charge in [0, 0.05) is 17.5 Å². The van der Waals surface area contributed by atoms with E-state index in [1.807, 2.05) is 20.8 Å². The Morgan fingerprint density at radius 2 is 2.00 bits per heavy atom. The number of rotatable bonds is 10. The topological polar surface area (TPSA) is 107 Å². The zero-order chi connectivity index (χ0) is 26.4. The number of hydrogen-bond donors (Lipinski definition) is 2. The van der Waals surface area contributed by atoms with E-state index in [9.17, 15) is 24.6 Å². The quantitative estimate of drug-likeness (QED) is 0.460. The molecule has 8 nitrogen and oxygen atoms in total. The van der Waals surface area contributed by atoms with Gasteiger partial charge in [0.2, 0.25) is 5.91 Å². The summed E-state index contributed by atoms with van der Waals surface area (Å²) in [6, 6.07) is 5.65. The van der Waals surface area contributed by atoms with Crippen molar-refractivity contribution in [2.45, 2.75) is 55.7 Å². The van der Waals surface area contributed by atoms with Gasteiger partial charge in [-0.25, -0.2) is 0 Å². The summed E-state index contributed by atoms with van der Waals surface area (Å²) in [4.78, 5) is 44.1. The molecule has 3 saturated heterocycles. The fourth-order valence-electron chi connectivity index (χ4n) is 6.60. The number of amides is 2. The van der Waals surface area contributed by atoms with Crippen molar-refractivity contribution in [3.05, 3.63) is 36.9 Å². The number of methoxy groups -OCH3 is 1. The molecule has 2 bridgehead atoms. The molecule has 3 heterocycles. The lowest BCUT2D eigenvalue weighted by Crippen LogP contribution is -2.59. The van der Waals surface area contributed by atoms with Crippen LogP contribution in [0, 0.1) is 23.7 Å². The van der Waals surface area contributed by atoms with Crippen LogP contribution in [0.1, 0.15) is 33.6 Å². The number of ether oxygens (including phenoxy) is 1. The molecule has 7 atom stereocenters. The number of fused-ring (bicyclic) bond motifs is 1. The average Bonchev–Trinajstić information content (AvgIpc) is 3.44. The molecular weight excluding hydrogens is 480 g/mol. The Bertz CT molecular complexity index is 1030. The van der Waals surface area contributed by atoms with Crippen molar-refractivity contribution in [1.82, 2.24) is 4.90 Å². The normalized spacial score (nSPS) is 31.4. The fourth-order valence-corrected chi connectivity index (χ4v) is 8.99. The minimum absolute atomic E-state index is 0.0316. The molecule has 2 N–H and O–H groups in total. The van der Waals surface area contributed by atoms with E-state index in [2.05, 4.69) is 6.58 Å². The zero-order valence-corrected chi connectivity index (χ0v) is 22.1. The highest BCUT2D eigenvalue weighted by molar-refractivity contribution is 8.02. The smallest absolute Gasteiger partial charge is 0.308 e. The third-order valence-corrected chi connectivity index (χ3v) is 10.1. The highest BCUT2D eigenvalue weighted by Gasteiger charge is 2.77. The molecule has 2 amide bonds. The molecule has 3 unspecified atom stereocenters. The molecule has 3 aliphatic rings. The van der Waals surface area contributed by atoms with Gasteiger partial charge in [-0.3, -0.25) is 14.4 Å². The van der Waals surface area contributed by atoms with Crippen molar-refractivity contribution in [3.8, 4) is 5.75 Å². The Morgan fingerprint density at radius 3 is 2.53 bits per heavy atom. The van der Waals surface area contributed by atoms with Gasteiger partial charge in [0.15, 0.2) is 0 Å². The van der Waals surface area contributed by atoms with Crippen LogP contribution in [0.2, 0.25) is 0 Å². The summed E-state index contributed by atoms with van der Waals surface area (Å²) in [6.45, 7) is 9.80. The van der Waals surface area contributed by atoms with E-state index in [0.29, 0.717) is 24.3 Å². The Kier molecular flexibility index (Phi) is 7.44. The minimum Gasteiger partial charge on any atom is -0.497 e. The number of carboxylic acids is 1. The number of thioether (sulfide) groups is 1. The minimum atomic E-state index is -0.991. The number of aliphatic hydroxyl groups excluding tert-OH is 1. The molecule has 1 aromatic rings. The first-order valence-corrected chi connectivity index (χ1v) is 13.4. The van der Waals surface area contributed by atoms with Gasteiger partial charge in [-0.15, -0.1) is 18.3 Å². The molecular formula is C27H36N2O6S. The first-order chi connectivity index (χ1) is 17.1. The summed E-state index contributed by atoms with van der Waals surface area (Å²) in [6.07, 6.45) is 2.79. The number of aliphatic carboxylic acids is 1. The van der Waals surface area contributed by atoms with Crippen molar-refractivity contribution >= 4 is 35.2 Å². The van der Waals surface area contributed by atoms with Gasteiger partial charge in [0.05, 0.1) is 36.3 Å². The molecule has 1 spiro atoms. The molecule has 3 fully saturated rings. The molecule has 0 aromatic heterocycles. The van der Waals surface area contributed by atoms with Crippen LogP contribution in [-0.4, -0.2) is 75.2 Å². The summed E-state index contributed by atoms with van der Waals surface area (Å²) in [5, 5.41) is 20.3. The maximum absolute atomic E-state index is 14.5. The maximum atomic E-state index is 14.5. The van der Waals surface area contributed by atoms with E-state index < -0.39 is 34.6 Å². The summed E-state index contributed by atoms with van der Waals surface area (Å²) in [5.41, 5.74) is 0.636. The molecule has 196 valence electrons. The number of aliphatic hydroxyl groups is 1. The van der Waals surface area contributed by atoms with Crippen LogP contribution >= 0.6 is 11.8 Å². The second-order valence-corrected chi connectivity index (χ2v) is 12.1. The SMILES string of the molecule is C=CCN(C(=O)C1N([C@@H](CO)CC(C)C)C(=O)[C@@H]2[C@@H](C(=O)O)[C@H]3CC(C)C12S3)c1ccc(OC)cc1. The van der Waals surface area contributed by atoms with Gasteiger partial charge < -0.3 is 24.7 Å². The van der Waals surface area contributed by atoms with Crippen molar-refractivity contribution in [1.29, 1.82) is 0 Å². The van der Waals surface area contributed by atoms with Crippen molar-refractivity contribution in [3.63, 3.8) is 0 Å². The van der Waals surface area contributed by atoms with Gasteiger partial charge in [0.25, 0.3) is 5.91 Å². The lowest BCUT2D eigenvalue weighted by atomic mass is 9.66. The monoisotopic (exact) mass is 516 g/mol. The molecule has 36 heavy (non-hydrogen) atoms. The molecule has 0 saturated carbocycles. The van der Waals surface area contributed by atoms with Gasteiger partial charge in [-0.2, -0.15) is 0 Å². The first kappa shape index (κ1) is 26.5. The number of benzene rings is 1. The highest BCUT2D eigenvalue weighted by Crippen LogP contribution is 2.69. The Morgan fingerprint density at radius 1 is 1.33 bits per heavy atom. The largest absolute Gasteiger partial charge is 0.497 e. The molecule has 1 aromatic carbocycles. The summed E-state index contributed by atoms with van der Waals surface area (Å²) < 4.78 is 4.40. The molecule has 3 aliphatic heterocycles. The third-order valence-electron chi connectivity index (χ3n) is 8.01. The van der Waals surface area contributed by atoms with Crippen LogP contribution in [0.4, 0.5) is 5.69 Å². The van der Waals surface area contributed by atoms with E-state index in [1.165, 1.54) is 11.8 Å². The Balaban J connectivity index is 1.85. The van der Waals surface area contributed by atoms with Crippen LogP contribution < -0.4 is 9.64 Å². The second-order valence-electron chi connectivity index (χ2n) is 10.5. The molecule has 0 radical (unpaired) electrons. The van der Waals surface area contributed by atoms with Gasteiger partial charge in [-0.1, -0.05) is 26.8 Å². The second kappa shape index (κ2) is 10.1. The van der Waals surface area contributed by atoms with E-state index in [-0.39, 0.29) is 42.1 Å².